The van der Waals surface area contributed by atoms with Crippen molar-refractivity contribution in [1.82, 2.24) is 10.3 Å². The highest BCUT2D eigenvalue weighted by Gasteiger charge is 2.26. The number of benzene rings is 1. The highest BCUT2D eigenvalue weighted by Crippen LogP contribution is 2.33. The Hall–Kier alpha value is -1.82. The van der Waals surface area contributed by atoms with E-state index in [0.717, 1.165) is 54.1 Å². The van der Waals surface area contributed by atoms with E-state index in [4.69, 9.17) is 16.3 Å². The largest absolute Gasteiger partial charge is 0.381 e. The first kappa shape index (κ1) is 23.8. The van der Waals surface area contributed by atoms with E-state index in [1.807, 2.05) is 33.1 Å². The summed E-state index contributed by atoms with van der Waals surface area (Å²) < 4.78 is 5.55. The number of halogens is 1. The molecule has 0 spiro atoms. The summed E-state index contributed by atoms with van der Waals surface area (Å²) in [4.78, 5) is 17.7. The topological polar surface area (TPSA) is 57.4 Å². The summed E-state index contributed by atoms with van der Waals surface area (Å²) in [6.07, 6.45) is 4.89. The lowest BCUT2D eigenvalue weighted by Gasteiger charge is -2.38. The minimum absolute atomic E-state index is 0.0164. The first-order valence-electron chi connectivity index (χ1n) is 11.3. The zero-order valence-electron chi connectivity index (χ0n) is 19.5. The molecule has 0 unspecified atom stereocenters. The van der Waals surface area contributed by atoms with Gasteiger partial charge in [0.2, 0.25) is 0 Å². The van der Waals surface area contributed by atoms with E-state index in [1.54, 1.807) is 0 Å². The lowest BCUT2D eigenvalue weighted by Crippen LogP contribution is -2.40. The molecule has 1 aromatic heterocycles. The van der Waals surface area contributed by atoms with Gasteiger partial charge in [0.25, 0.3) is 5.56 Å². The summed E-state index contributed by atoms with van der Waals surface area (Å²) in [6, 6.07) is 6.66. The Morgan fingerprint density at radius 2 is 1.84 bits per heavy atom. The first-order valence-corrected chi connectivity index (χ1v) is 11.7. The average molecular weight is 446 g/mol. The quantitative estimate of drug-likeness (QED) is 0.598. The fraction of sp³-hybridized carbons (Fsp3) is 0.560. The van der Waals surface area contributed by atoms with Gasteiger partial charge in [0.05, 0.1) is 6.10 Å². The molecule has 0 saturated heterocycles. The zero-order valence-corrected chi connectivity index (χ0v) is 20.2. The van der Waals surface area contributed by atoms with Crippen LogP contribution in [0.4, 0.5) is 5.69 Å². The van der Waals surface area contributed by atoms with Gasteiger partial charge < -0.3 is 19.9 Å². The van der Waals surface area contributed by atoms with Crippen molar-refractivity contribution in [3.05, 3.63) is 61.5 Å². The van der Waals surface area contributed by atoms with Crippen molar-refractivity contribution in [2.24, 2.45) is 0 Å². The molecule has 1 aliphatic carbocycles. The molecule has 0 radical (unpaired) electrons. The summed E-state index contributed by atoms with van der Waals surface area (Å²) in [7, 11) is 1.81. The van der Waals surface area contributed by atoms with Crippen LogP contribution in [0.1, 0.15) is 60.6 Å². The van der Waals surface area contributed by atoms with Crippen LogP contribution in [0.25, 0.3) is 0 Å². The molecular weight excluding hydrogens is 410 g/mol. The number of anilines is 1. The van der Waals surface area contributed by atoms with E-state index >= 15 is 0 Å². The molecule has 1 fully saturated rings. The maximum Gasteiger partial charge on any atom is 0.252 e. The monoisotopic (exact) mass is 445 g/mol. The Kier molecular flexibility index (Phi) is 8.20. The third-order valence-electron chi connectivity index (χ3n) is 6.63. The van der Waals surface area contributed by atoms with E-state index in [2.05, 4.69) is 35.1 Å². The standard InChI is InChI=1S/C25H36ClN3O2/c1-6-29(21-7-9-22(31-5)10-8-21)24-13-20(26)12-19(18(24)4)14-27-15-23-16(2)11-17(3)28-25(23)30/h11-13,21-22,27H,6-10,14-15H2,1-5H3,(H,28,30). The van der Waals surface area contributed by atoms with Gasteiger partial charge in [0.1, 0.15) is 0 Å². The fourth-order valence-electron chi connectivity index (χ4n) is 4.84. The maximum atomic E-state index is 12.3. The highest BCUT2D eigenvalue weighted by atomic mass is 35.5. The molecule has 1 saturated carbocycles. The molecule has 6 heteroatoms. The molecule has 5 nitrogen and oxygen atoms in total. The molecule has 1 aliphatic rings. The molecule has 3 rings (SSSR count). The Balaban J connectivity index is 1.75. The van der Waals surface area contributed by atoms with Crippen LogP contribution in [0.3, 0.4) is 0 Å². The van der Waals surface area contributed by atoms with Crippen LogP contribution in [0.2, 0.25) is 5.02 Å². The molecule has 0 amide bonds. The second-order valence-corrected chi connectivity index (χ2v) is 9.14. The number of nitrogens with zero attached hydrogens (tertiary/aromatic N) is 1. The summed E-state index contributed by atoms with van der Waals surface area (Å²) in [5.74, 6) is 0. The average Bonchev–Trinajstić information content (AvgIpc) is 2.73. The summed E-state index contributed by atoms with van der Waals surface area (Å²) in [6.45, 7) is 10.4. The van der Waals surface area contributed by atoms with Gasteiger partial charge >= 0.3 is 0 Å². The zero-order chi connectivity index (χ0) is 22.5. The molecule has 170 valence electrons. The Bertz CT molecular complexity index is 949. The van der Waals surface area contributed by atoms with Gasteiger partial charge in [0, 0.05) is 54.8 Å². The van der Waals surface area contributed by atoms with Crippen molar-refractivity contribution in [3.8, 4) is 0 Å². The number of nitrogens with one attached hydrogen (secondary N) is 2. The summed E-state index contributed by atoms with van der Waals surface area (Å²) >= 11 is 6.54. The van der Waals surface area contributed by atoms with Crippen LogP contribution in [-0.2, 0) is 17.8 Å². The van der Waals surface area contributed by atoms with Gasteiger partial charge in [0.15, 0.2) is 0 Å². The minimum Gasteiger partial charge on any atom is -0.381 e. The number of hydrogen-bond donors (Lipinski definition) is 2. The summed E-state index contributed by atoms with van der Waals surface area (Å²) in [5, 5.41) is 4.21. The van der Waals surface area contributed by atoms with Gasteiger partial charge in [-0.25, -0.2) is 0 Å². The fourth-order valence-corrected chi connectivity index (χ4v) is 5.08. The van der Waals surface area contributed by atoms with Crippen LogP contribution in [0.5, 0.6) is 0 Å². The van der Waals surface area contributed by atoms with Crippen molar-refractivity contribution in [3.63, 3.8) is 0 Å². The molecule has 0 atom stereocenters. The predicted octanol–water partition coefficient (Wildman–Crippen LogP) is 5.03. The van der Waals surface area contributed by atoms with Crippen LogP contribution in [0.15, 0.2) is 23.0 Å². The van der Waals surface area contributed by atoms with Crippen molar-refractivity contribution >= 4 is 17.3 Å². The third kappa shape index (κ3) is 5.71. The van der Waals surface area contributed by atoms with Gasteiger partial charge in [-0.2, -0.15) is 0 Å². The second kappa shape index (κ2) is 10.7. The number of aromatic nitrogens is 1. The number of methoxy groups -OCH3 is 1. The van der Waals surface area contributed by atoms with Gasteiger partial charge in [-0.15, -0.1) is 0 Å². The minimum atomic E-state index is -0.0164. The number of aryl methyl sites for hydroxylation is 2. The van der Waals surface area contributed by atoms with Gasteiger partial charge in [-0.3, -0.25) is 4.79 Å². The molecule has 31 heavy (non-hydrogen) atoms. The van der Waals surface area contributed by atoms with Crippen molar-refractivity contribution in [2.75, 3.05) is 18.6 Å². The van der Waals surface area contributed by atoms with Crippen molar-refractivity contribution < 1.29 is 4.74 Å². The molecule has 2 aromatic rings. The highest BCUT2D eigenvalue weighted by molar-refractivity contribution is 6.31. The lowest BCUT2D eigenvalue weighted by molar-refractivity contribution is 0.0656. The Morgan fingerprint density at radius 3 is 2.45 bits per heavy atom. The Morgan fingerprint density at radius 1 is 1.13 bits per heavy atom. The molecular formula is C25H36ClN3O2. The number of ether oxygens (including phenoxy) is 1. The number of H-pyrrole nitrogens is 1. The number of rotatable bonds is 8. The van der Waals surface area contributed by atoms with E-state index < -0.39 is 0 Å². The SMILES string of the molecule is CCN(c1cc(Cl)cc(CNCc2c(C)cc(C)[nH]c2=O)c1C)C1CCC(OC)CC1. The molecule has 0 bridgehead atoms. The van der Waals surface area contributed by atoms with Crippen LogP contribution >= 0.6 is 11.6 Å². The number of hydrogen-bond acceptors (Lipinski definition) is 4. The van der Waals surface area contributed by atoms with E-state index in [9.17, 15) is 4.79 Å². The normalized spacial score (nSPS) is 18.9. The van der Waals surface area contributed by atoms with Crippen LogP contribution < -0.4 is 15.8 Å². The molecule has 2 N–H and O–H groups in total. The predicted molar refractivity (Wildman–Crippen MR) is 129 cm³/mol. The van der Waals surface area contributed by atoms with E-state index in [1.165, 1.54) is 16.8 Å². The van der Waals surface area contributed by atoms with E-state index in [0.29, 0.717) is 25.2 Å². The van der Waals surface area contributed by atoms with Crippen LogP contribution in [-0.4, -0.2) is 30.8 Å². The second-order valence-electron chi connectivity index (χ2n) is 8.71. The van der Waals surface area contributed by atoms with Crippen molar-refractivity contribution in [2.45, 2.75) is 78.6 Å². The maximum absolute atomic E-state index is 12.3. The van der Waals surface area contributed by atoms with E-state index in [-0.39, 0.29) is 5.56 Å². The summed E-state index contributed by atoms with van der Waals surface area (Å²) in [5.41, 5.74) is 6.32. The third-order valence-corrected chi connectivity index (χ3v) is 6.85. The van der Waals surface area contributed by atoms with Gasteiger partial charge in [-0.1, -0.05) is 11.6 Å². The molecule has 0 aliphatic heterocycles. The number of aromatic amines is 1. The molecule has 1 heterocycles. The first-order chi connectivity index (χ1) is 14.8. The van der Waals surface area contributed by atoms with Gasteiger partial charge in [-0.05, 0) is 88.3 Å². The van der Waals surface area contributed by atoms with Crippen molar-refractivity contribution in [1.29, 1.82) is 0 Å². The Labute approximate surface area is 191 Å². The number of pyridine rings is 1. The van der Waals surface area contributed by atoms with Crippen LogP contribution in [0, 0.1) is 20.8 Å². The lowest BCUT2D eigenvalue weighted by atomic mass is 9.91. The molecule has 1 aromatic carbocycles. The smallest absolute Gasteiger partial charge is 0.252 e.